The number of carbonyl (C=O) groups is 2. The van der Waals surface area contributed by atoms with Crippen LogP contribution in [0, 0.1) is 16.7 Å². The average molecular weight is 1040 g/mol. The summed E-state index contributed by atoms with van der Waals surface area (Å²) in [4.78, 5) is 67.3. The SMILES string of the molecule is O=C(NCC1CCN(CCCO[N+](=O)OCCCN2CCC(CNC(=O)c3cnc(Nc4ccc(Cl)cc4Cl)nc3C(F)(F)F)CC2)CC1)c1cnc(Nc2ccc(Cl)cc2Cl)nc1C(F)(F)F. The average Bonchev–Trinajstić information content (AvgIpc) is 3.29. The second kappa shape index (κ2) is 24.0. The molecule has 2 fully saturated rings. The van der Waals surface area contributed by atoms with Gasteiger partial charge in [-0.25, -0.2) is 19.9 Å². The van der Waals surface area contributed by atoms with Gasteiger partial charge in [-0.1, -0.05) is 46.4 Å². The van der Waals surface area contributed by atoms with E-state index in [2.05, 4.69) is 51.0 Å². The molecular formula is C42H46Cl4F6N11O5+. The van der Waals surface area contributed by atoms with Gasteiger partial charge in [0.25, 0.3) is 11.8 Å². The molecule has 0 spiro atoms. The molecular weight excluding hydrogens is 994 g/mol. The van der Waals surface area contributed by atoms with Crippen LogP contribution in [0.15, 0.2) is 48.8 Å². The number of nitrogens with one attached hydrogen (secondary N) is 4. The van der Waals surface area contributed by atoms with E-state index >= 15 is 0 Å². The van der Waals surface area contributed by atoms with Crippen molar-refractivity contribution >= 4 is 81.5 Å². The van der Waals surface area contributed by atoms with Crippen LogP contribution in [0.5, 0.6) is 0 Å². The molecule has 2 saturated heterocycles. The Hall–Kier alpha value is -5.00. The van der Waals surface area contributed by atoms with Crippen LogP contribution in [-0.4, -0.2) is 112 Å². The predicted octanol–water partition coefficient (Wildman–Crippen LogP) is 9.41. The maximum Gasteiger partial charge on any atom is 0.477 e. The largest absolute Gasteiger partial charge is 0.477 e. The fourth-order valence-corrected chi connectivity index (χ4v) is 8.37. The van der Waals surface area contributed by atoms with Gasteiger partial charge in [-0.2, -0.15) is 36.0 Å². The molecule has 2 aromatic carbocycles. The second-order valence-corrected chi connectivity index (χ2v) is 17.7. The number of rotatable bonds is 20. The first-order valence-electron chi connectivity index (χ1n) is 21.4. The summed E-state index contributed by atoms with van der Waals surface area (Å²) in [5.74, 6) is -2.60. The van der Waals surface area contributed by atoms with Crippen molar-refractivity contribution in [1.82, 2.24) is 40.4 Å². The number of benzene rings is 2. The third kappa shape index (κ3) is 15.5. The molecule has 0 aliphatic carbocycles. The van der Waals surface area contributed by atoms with E-state index in [1.807, 2.05) is 0 Å². The normalized spacial score (nSPS) is 15.4. The fourth-order valence-electron chi connectivity index (χ4n) is 7.46. The van der Waals surface area contributed by atoms with Crippen LogP contribution < -0.4 is 21.3 Å². The van der Waals surface area contributed by atoms with Crippen molar-refractivity contribution in [2.75, 3.05) is 76.2 Å². The van der Waals surface area contributed by atoms with E-state index in [1.54, 1.807) is 0 Å². The molecule has 6 rings (SSSR count). The van der Waals surface area contributed by atoms with Crippen LogP contribution in [0.3, 0.4) is 0 Å². The lowest BCUT2D eigenvalue weighted by Gasteiger charge is -2.31. The standard InChI is InChI=1S/C42H45Cl4F6N11O5/c43-27-3-5-33(31(45)19-27)57-39-55-23-29(35(59-39)41(47,48)49)37(64)53-21-25-7-13-61(14-8-25)11-1-17-67-63(66)68-18-2-12-62-15-9-26(10-16-62)22-54-38(65)30-24-56-40(60-36(30)42(50,51)52)58-34-6-4-28(44)20-32(34)46/h3-6,19-20,23-26H,1-2,7-18,21-22H2,(H3-,53,54,55,56,57,58,59,60,64,65)/p+1. The quantitative estimate of drug-likeness (QED) is 0.0374. The van der Waals surface area contributed by atoms with Crippen LogP contribution in [-0.2, 0) is 22.0 Å². The van der Waals surface area contributed by atoms with Crippen LogP contribution in [0.2, 0.25) is 20.1 Å². The van der Waals surface area contributed by atoms with Crippen molar-refractivity contribution in [1.29, 1.82) is 0 Å². The van der Waals surface area contributed by atoms with Gasteiger partial charge in [0, 0.05) is 61.5 Å². The molecule has 68 heavy (non-hydrogen) atoms. The minimum atomic E-state index is -4.93. The van der Waals surface area contributed by atoms with E-state index < -0.39 is 58.6 Å². The number of aromatic nitrogens is 4. The molecule has 2 aliphatic heterocycles. The number of amides is 2. The summed E-state index contributed by atoms with van der Waals surface area (Å²) in [6, 6.07) is 8.70. The maximum atomic E-state index is 13.9. The van der Waals surface area contributed by atoms with Crippen molar-refractivity contribution in [3.63, 3.8) is 0 Å². The Morgan fingerprint density at radius 1 is 0.647 bits per heavy atom. The third-order valence-corrected chi connectivity index (χ3v) is 12.2. The fraction of sp³-hybridized carbons (Fsp3) is 0.476. The van der Waals surface area contributed by atoms with Crippen LogP contribution in [0.25, 0.3) is 0 Å². The van der Waals surface area contributed by atoms with Gasteiger partial charge < -0.3 is 31.1 Å². The molecule has 0 bridgehead atoms. The highest BCUT2D eigenvalue weighted by Gasteiger charge is 2.40. The first kappa shape index (κ1) is 52.4. The van der Waals surface area contributed by atoms with E-state index in [1.165, 1.54) is 36.4 Å². The first-order chi connectivity index (χ1) is 32.3. The molecule has 2 amide bonds. The van der Waals surface area contributed by atoms with E-state index in [0.717, 1.165) is 12.4 Å². The van der Waals surface area contributed by atoms with E-state index in [0.29, 0.717) is 87.8 Å². The summed E-state index contributed by atoms with van der Waals surface area (Å²) in [6.07, 6.45) is -4.37. The van der Waals surface area contributed by atoms with Crippen LogP contribution in [0.4, 0.5) is 49.6 Å². The Balaban J connectivity index is 0.805. The number of carbonyl (C=O) groups excluding carboxylic acids is 2. The van der Waals surface area contributed by atoms with Gasteiger partial charge in [0.2, 0.25) is 11.9 Å². The lowest BCUT2D eigenvalue weighted by Crippen LogP contribution is -2.39. The lowest BCUT2D eigenvalue weighted by atomic mass is 9.96. The topological polar surface area (TPSA) is 179 Å². The van der Waals surface area contributed by atoms with Crippen molar-refractivity contribution in [3.05, 3.63) is 96.3 Å². The molecule has 4 heterocycles. The Morgan fingerprint density at radius 3 is 1.38 bits per heavy atom. The second-order valence-electron chi connectivity index (χ2n) is 16.0. The van der Waals surface area contributed by atoms with E-state index in [9.17, 15) is 40.8 Å². The highest BCUT2D eigenvalue weighted by Crippen LogP contribution is 2.35. The Morgan fingerprint density at radius 2 is 1.03 bits per heavy atom. The number of nitrogens with zero attached hydrogens (tertiary/aromatic N) is 7. The number of likely N-dealkylation sites (tertiary alicyclic amines) is 2. The third-order valence-electron chi connectivity index (χ3n) is 11.1. The summed E-state index contributed by atoms with van der Waals surface area (Å²) < 4.78 is 83.6. The highest BCUT2D eigenvalue weighted by molar-refractivity contribution is 6.37. The molecule has 16 nitrogen and oxygen atoms in total. The maximum absolute atomic E-state index is 13.9. The molecule has 0 unspecified atom stereocenters. The van der Waals surface area contributed by atoms with Crippen molar-refractivity contribution in [2.24, 2.45) is 11.8 Å². The van der Waals surface area contributed by atoms with E-state index in [-0.39, 0.29) is 64.6 Å². The van der Waals surface area contributed by atoms with Gasteiger partial charge >= 0.3 is 17.4 Å². The van der Waals surface area contributed by atoms with Gasteiger partial charge in [-0.05, 0) is 100 Å². The Bertz CT molecular complexity index is 2230. The summed E-state index contributed by atoms with van der Waals surface area (Å²) in [5.41, 5.74) is -3.72. The van der Waals surface area contributed by atoms with Crippen molar-refractivity contribution in [2.45, 2.75) is 50.9 Å². The van der Waals surface area contributed by atoms with Crippen molar-refractivity contribution in [3.8, 4) is 0 Å². The minimum Gasteiger partial charge on any atom is -0.352 e. The number of hydrogen-bond acceptors (Lipinski definition) is 13. The Kier molecular flexibility index (Phi) is 18.5. The Labute approximate surface area is 406 Å². The van der Waals surface area contributed by atoms with Gasteiger partial charge in [0.1, 0.15) is 4.91 Å². The predicted molar refractivity (Wildman–Crippen MR) is 241 cm³/mol. The molecule has 0 atom stereocenters. The van der Waals surface area contributed by atoms with Gasteiger partial charge in [0.05, 0.1) is 32.5 Å². The summed E-state index contributed by atoms with van der Waals surface area (Å²) in [6.45, 7) is 4.57. The molecule has 4 N–H and O–H groups in total. The molecule has 2 aliphatic rings. The number of halogens is 10. The van der Waals surface area contributed by atoms with Gasteiger partial charge in [-0.3, -0.25) is 9.59 Å². The number of alkyl halides is 6. The zero-order chi connectivity index (χ0) is 49.0. The van der Waals surface area contributed by atoms with E-state index in [4.69, 9.17) is 56.1 Å². The van der Waals surface area contributed by atoms with Crippen LogP contribution >= 0.6 is 46.4 Å². The lowest BCUT2D eigenvalue weighted by molar-refractivity contribution is -0.981. The molecule has 2 aromatic heterocycles. The molecule has 26 heteroatoms. The molecule has 4 aromatic rings. The zero-order valence-electron chi connectivity index (χ0n) is 36.0. The smallest absolute Gasteiger partial charge is 0.352 e. The highest BCUT2D eigenvalue weighted by atomic mass is 35.5. The molecule has 0 saturated carbocycles. The van der Waals surface area contributed by atoms with Crippen LogP contribution in [0.1, 0.15) is 70.6 Å². The zero-order valence-corrected chi connectivity index (χ0v) is 39.1. The first-order valence-corrected chi connectivity index (χ1v) is 22.9. The number of anilines is 4. The molecule has 0 radical (unpaired) electrons. The van der Waals surface area contributed by atoms with Gasteiger partial charge in [-0.15, -0.1) is 0 Å². The summed E-state index contributed by atoms with van der Waals surface area (Å²) in [7, 11) is 0. The summed E-state index contributed by atoms with van der Waals surface area (Å²) >= 11 is 24.0. The molecule has 368 valence electrons. The summed E-state index contributed by atoms with van der Waals surface area (Å²) in [5, 5.41) is 11.5. The minimum absolute atomic E-state index is 0.0377. The van der Waals surface area contributed by atoms with Crippen molar-refractivity contribution < 1.29 is 50.7 Å². The van der Waals surface area contributed by atoms with Gasteiger partial charge in [0.15, 0.2) is 24.6 Å². The monoisotopic (exact) mass is 1040 g/mol. The number of piperidine rings is 2. The number of hydrogen-bond donors (Lipinski definition) is 4.